The molecule has 0 aliphatic carbocycles. The van der Waals surface area contributed by atoms with Crippen molar-refractivity contribution >= 4 is 0 Å². The third kappa shape index (κ3) is 3.15. The fraction of sp³-hybridized carbons (Fsp3) is 0.538. The van der Waals surface area contributed by atoms with Crippen LogP contribution in [0, 0.1) is 5.92 Å². The Morgan fingerprint density at radius 2 is 1.64 bits per heavy atom. The average Bonchev–Trinajstić information content (AvgIpc) is 2.15. The topological polar surface area (TPSA) is 3.24 Å². The normalized spacial score (nSPS) is 13.6. The van der Waals surface area contributed by atoms with Gasteiger partial charge in [0.15, 0.2) is 0 Å². The van der Waals surface area contributed by atoms with Gasteiger partial charge in [-0.25, -0.2) is 0 Å². The number of nitrogens with zero attached hydrogens (tertiary/aromatic N) is 1. The Bertz CT molecular complexity index is 251. The van der Waals surface area contributed by atoms with Crippen LogP contribution >= 0.6 is 0 Å². The number of hydrogen-bond donors (Lipinski definition) is 0. The molecular formula is C13H21N. The number of benzene rings is 1. The van der Waals surface area contributed by atoms with Crippen LogP contribution in [0.2, 0.25) is 0 Å². The van der Waals surface area contributed by atoms with Gasteiger partial charge in [0, 0.05) is 6.04 Å². The molecule has 0 spiro atoms. The highest BCUT2D eigenvalue weighted by Crippen LogP contribution is 2.25. The second kappa shape index (κ2) is 5.16. The van der Waals surface area contributed by atoms with Crippen molar-refractivity contribution in [2.75, 3.05) is 14.1 Å². The molecule has 0 fully saturated rings. The summed E-state index contributed by atoms with van der Waals surface area (Å²) in [6.07, 6.45) is 1.22. The summed E-state index contributed by atoms with van der Waals surface area (Å²) in [6.45, 7) is 4.55. The van der Waals surface area contributed by atoms with Gasteiger partial charge >= 0.3 is 0 Å². The molecule has 0 aliphatic rings. The summed E-state index contributed by atoms with van der Waals surface area (Å²) in [6, 6.07) is 11.3. The summed E-state index contributed by atoms with van der Waals surface area (Å²) in [4.78, 5) is 2.30. The summed E-state index contributed by atoms with van der Waals surface area (Å²) in [5.74, 6) is 0.739. The fourth-order valence-electron chi connectivity index (χ4n) is 1.77. The van der Waals surface area contributed by atoms with Crippen molar-refractivity contribution in [2.45, 2.75) is 26.3 Å². The third-order valence-corrected chi connectivity index (χ3v) is 2.50. The Balaban J connectivity index is 2.78. The van der Waals surface area contributed by atoms with Crippen LogP contribution in [0.1, 0.15) is 31.9 Å². The minimum atomic E-state index is 0.552. The van der Waals surface area contributed by atoms with Gasteiger partial charge < -0.3 is 4.90 Å². The van der Waals surface area contributed by atoms with Crippen LogP contribution in [0.5, 0.6) is 0 Å². The van der Waals surface area contributed by atoms with Crippen molar-refractivity contribution in [3.63, 3.8) is 0 Å². The SMILES string of the molecule is CC(C)CC(c1ccccc1)N(C)C. The zero-order valence-corrected chi connectivity index (χ0v) is 9.70. The summed E-state index contributed by atoms with van der Waals surface area (Å²) in [5, 5.41) is 0. The van der Waals surface area contributed by atoms with Crippen molar-refractivity contribution < 1.29 is 0 Å². The maximum absolute atomic E-state index is 2.30. The lowest BCUT2D eigenvalue weighted by molar-refractivity contribution is 0.259. The van der Waals surface area contributed by atoms with Gasteiger partial charge in [0.05, 0.1) is 0 Å². The highest BCUT2D eigenvalue weighted by Gasteiger charge is 2.14. The van der Waals surface area contributed by atoms with Gasteiger partial charge in [0.2, 0.25) is 0 Å². The molecule has 0 radical (unpaired) electrons. The Hall–Kier alpha value is -0.820. The Morgan fingerprint density at radius 1 is 1.07 bits per heavy atom. The minimum Gasteiger partial charge on any atom is -0.302 e. The Morgan fingerprint density at radius 3 is 2.07 bits per heavy atom. The van der Waals surface area contributed by atoms with Gasteiger partial charge in [-0.2, -0.15) is 0 Å². The molecule has 1 heteroatoms. The van der Waals surface area contributed by atoms with Crippen molar-refractivity contribution in [3.05, 3.63) is 35.9 Å². The fourth-order valence-corrected chi connectivity index (χ4v) is 1.77. The first kappa shape index (κ1) is 11.3. The predicted octanol–water partition coefficient (Wildman–Crippen LogP) is 3.34. The first-order valence-electron chi connectivity index (χ1n) is 5.32. The van der Waals surface area contributed by atoms with Crippen LogP contribution in [0.3, 0.4) is 0 Å². The molecule has 0 aromatic heterocycles. The second-order valence-corrected chi connectivity index (χ2v) is 4.52. The van der Waals surface area contributed by atoms with Gasteiger partial charge in [-0.1, -0.05) is 44.2 Å². The van der Waals surface area contributed by atoms with E-state index in [4.69, 9.17) is 0 Å². The molecule has 78 valence electrons. The van der Waals surface area contributed by atoms with Crippen LogP contribution in [0.15, 0.2) is 30.3 Å². The molecule has 0 saturated carbocycles. The van der Waals surface area contributed by atoms with Crippen LogP contribution < -0.4 is 0 Å². The summed E-state index contributed by atoms with van der Waals surface area (Å²) < 4.78 is 0. The first-order chi connectivity index (χ1) is 6.61. The van der Waals surface area contributed by atoms with Crippen LogP contribution in [-0.2, 0) is 0 Å². The largest absolute Gasteiger partial charge is 0.302 e. The summed E-state index contributed by atoms with van der Waals surface area (Å²) in [5.41, 5.74) is 1.42. The van der Waals surface area contributed by atoms with E-state index in [0.717, 1.165) is 5.92 Å². The van der Waals surface area contributed by atoms with E-state index in [9.17, 15) is 0 Å². The highest BCUT2D eigenvalue weighted by molar-refractivity contribution is 5.18. The van der Waals surface area contributed by atoms with Crippen molar-refractivity contribution in [1.82, 2.24) is 4.90 Å². The standard InChI is InChI=1S/C13H21N/c1-11(2)10-13(14(3)4)12-8-6-5-7-9-12/h5-9,11,13H,10H2,1-4H3. The van der Waals surface area contributed by atoms with Gasteiger partial charge in [-0.05, 0) is 32.0 Å². The van der Waals surface area contributed by atoms with E-state index >= 15 is 0 Å². The maximum atomic E-state index is 2.30. The van der Waals surface area contributed by atoms with E-state index in [0.29, 0.717) is 6.04 Å². The Kier molecular flexibility index (Phi) is 4.15. The van der Waals surface area contributed by atoms with Crippen LogP contribution in [0.25, 0.3) is 0 Å². The molecular weight excluding hydrogens is 170 g/mol. The Labute approximate surface area is 87.7 Å². The van der Waals surface area contributed by atoms with Crippen molar-refractivity contribution in [2.24, 2.45) is 5.92 Å². The molecule has 1 rings (SSSR count). The molecule has 1 unspecified atom stereocenters. The van der Waals surface area contributed by atoms with Crippen LogP contribution in [0.4, 0.5) is 0 Å². The van der Waals surface area contributed by atoms with E-state index in [2.05, 4.69) is 63.2 Å². The van der Waals surface area contributed by atoms with Crippen molar-refractivity contribution in [1.29, 1.82) is 0 Å². The molecule has 14 heavy (non-hydrogen) atoms. The lowest BCUT2D eigenvalue weighted by Crippen LogP contribution is -2.21. The molecule has 1 atom stereocenters. The molecule has 1 aromatic carbocycles. The average molecular weight is 191 g/mol. The van der Waals surface area contributed by atoms with E-state index in [-0.39, 0.29) is 0 Å². The van der Waals surface area contributed by atoms with Crippen molar-refractivity contribution in [3.8, 4) is 0 Å². The number of hydrogen-bond acceptors (Lipinski definition) is 1. The molecule has 0 saturated heterocycles. The second-order valence-electron chi connectivity index (χ2n) is 4.52. The lowest BCUT2D eigenvalue weighted by Gasteiger charge is -2.26. The third-order valence-electron chi connectivity index (χ3n) is 2.50. The lowest BCUT2D eigenvalue weighted by atomic mass is 9.96. The molecule has 1 aromatic rings. The number of rotatable bonds is 4. The molecule has 0 aliphatic heterocycles. The zero-order chi connectivity index (χ0) is 10.6. The maximum Gasteiger partial charge on any atom is 0.0344 e. The van der Waals surface area contributed by atoms with E-state index < -0.39 is 0 Å². The van der Waals surface area contributed by atoms with E-state index in [1.54, 1.807) is 0 Å². The summed E-state index contributed by atoms with van der Waals surface area (Å²) >= 11 is 0. The molecule has 0 amide bonds. The van der Waals surface area contributed by atoms with Crippen LogP contribution in [-0.4, -0.2) is 19.0 Å². The minimum absolute atomic E-state index is 0.552. The molecule has 0 N–H and O–H groups in total. The van der Waals surface area contributed by atoms with E-state index in [1.807, 2.05) is 0 Å². The highest BCUT2D eigenvalue weighted by atomic mass is 15.1. The van der Waals surface area contributed by atoms with E-state index in [1.165, 1.54) is 12.0 Å². The quantitative estimate of drug-likeness (QED) is 0.705. The van der Waals surface area contributed by atoms with Gasteiger partial charge in [-0.3, -0.25) is 0 Å². The van der Waals surface area contributed by atoms with Gasteiger partial charge in [0.25, 0.3) is 0 Å². The predicted molar refractivity (Wildman–Crippen MR) is 62.3 cm³/mol. The monoisotopic (exact) mass is 191 g/mol. The molecule has 0 heterocycles. The zero-order valence-electron chi connectivity index (χ0n) is 9.70. The molecule has 1 nitrogen and oxygen atoms in total. The van der Waals surface area contributed by atoms with Gasteiger partial charge in [0.1, 0.15) is 0 Å². The summed E-state index contributed by atoms with van der Waals surface area (Å²) in [7, 11) is 4.31. The smallest absolute Gasteiger partial charge is 0.0344 e. The first-order valence-corrected chi connectivity index (χ1v) is 5.32. The molecule has 0 bridgehead atoms. The van der Waals surface area contributed by atoms with Gasteiger partial charge in [-0.15, -0.1) is 0 Å².